The molecule has 1 unspecified atom stereocenters. The SMILES string of the molecule is CN(c1ccc(C(=O)NC(CC=O)c2ccccc2)cc1NCCc1ccccc1)C1CC1. The van der Waals surface area contributed by atoms with E-state index in [-0.39, 0.29) is 18.4 Å². The third-order valence-corrected chi connectivity index (χ3v) is 6.14. The number of carbonyl (C=O) groups excluding carboxylic acids is 2. The van der Waals surface area contributed by atoms with Gasteiger partial charge in [-0.1, -0.05) is 60.7 Å². The van der Waals surface area contributed by atoms with Gasteiger partial charge in [0.05, 0.1) is 17.4 Å². The second-order valence-electron chi connectivity index (χ2n) is 8.58. The molecule has 0 aliphatic heterocycles. The summed E-state index contributed by atoms with van der Waals surface area (Å²) in [6, 6.07) is 26.0. The lowest BCUT2D eigenvalue weighted by Crippen LogP contribution is -2.29. The third-order valence-electron chi connectivity index (χ3n) is 6.14. The van der Waals surface area contributed by atoms with Crippen LogP contribution in [0.4, 0.5) is 11.4 Å². The maximum Gasteiger partial charge on any atom is 0.251 e. The van der Waals surface area contributed by atoms with Crippen molar-refractivity contribution >= 4 is 23.6 Å². The molecule has 0 aromatic heterocycles. The minimum absolute atomic E-state index is 0.183. The van der Waals surface area contributed by atoms with E-state index in [1.54, 1.807) is 0 Å². The molecule has 4 rings (SSSR count). The number of anilines is 2. The number of aldehydes is 1. The molecular formula is C28H31N3O2. The van der Waals surface area contributed by atoms with Crippen molar-refractivity contribution in [2.75, 3.05) is 23.8 Å². The van der Waals surface area contributed by atoms with Crippen molar-refractivity contribution in [1.82, 2.24) is 5.32 Å². The van der Waals surface area contributed by atoms with Crippen molar-refractivity contribution in [3.63, 3.8) is 0 Å². The zero-order valence-electron chi connectivity index (χ0n) is 19.0. The van der Waals surface area contributed by atoms with E-state index < -0.39 is 0 Å². The second kappa shape index (κ2) is 10.8. The fraction of sp³-hybridized carbons (Fsp3) is 0.286. The fourth-order valence-electron chi connectivity index (χ4n) is 4.07. The lowest BCUT2D eigenvalue weighted by molar-refractivity contribution is -0.108. The van der Waals surface area contributed by atoms with E-state index >= 15 is 0 Å². The molecule has 1 aliphatic rings. The van der Waals surface area contributed by atoms with E-state index in [1.165, 1.54) is 18.4 Å². The zero-order chi connectivity index (χ0) is 23.0. The molecular weight excluding hydrogens is 410 g/mol. The molecule has 3 aromatic carbocycles. The van der Waals surface area contributed by atoms with Gasteiger partial charge in [0.15, 0.2) is 0 Å². The first-order valence-electron chi connectivity index (χ1n) is 11.6. The van der Waals surface area contributed by atoms with Crippen molar-refractivity contribution in [2.45, 2.75) is 37.8 Å². The topological polar surface area (TPSA) is 61.4 Å². The highest BCUT2D eigenvalue weighted by molar-refractivity contribution is 5.96. The number of nitrogens with zero attached hydrogens (tertiary/aromatic N) is 1. The number of hydrogen-bond donors (Lipinski definition) is 2. The molecule has 0 spiro atoms. The summed E-state index contributed by atoms with van der Waals surface area (Å²) in [5.41, 5.74) is 4.84. The molecule has 2 N–H and O–H groups in total. The number of amides is 1. The molecule has 0 heterocycles. The first kappa shape index (κ1) is 22.6. The highest BCUT2D eigenvalue weighted by Gasteiger charge is 2.28. The molecule has 170 valence electrons. The molecule has 1 fully saturated rings. The molecule has 0 bridgehead atoms. The molecule has 1 saturated carbocycles. The van der Waals surface area contributed by atoms with Gasteiger partial charge < -0.3 is 20.3 Å². The van der Waals surface area contributed by atoms with Crippen molar-refractivity contribution in [3.05, 3.63) is 95.6 Å². The Kier molecular flexibility index (Phi) is 7.40. The minimum atomic E-state index is -0.348. The number of benzene rings is 3. The molecule has 0 saturated heterocycles. The molecule has 33 heavy (non-hydrogen) atoms. The van der Waals surface area contributed by atoms with E-state index in [9.17, 15) is 9.59 Å². The standard InChI is InChI=1S/C28H31N3O2/c1-31(24-13-14-24)27-15-12-23(20-26(27)29-18-16-21-8-4-2-5-9-21)28(33)30-25(17-19-32)22-10-6-3-7-11-22/h2-12,15,19-20,24-25,29H,13-14,16-18H2,1H3,(H,30,33). The normalized spacial score (nSPS) is 13.7. The van der Waals surface area contributed by atoms with Gasteiger partial charge in [-0.05, 0) is 48.6 Å². The van der Waals surface area contributed by atoms with Crippen LogP contribution in [0.1, 0.15) is 46.8 Å². The van der Waals surface area contributed by atoms with Gasteiger partial charge in [-0.25, -0.2) is 0 Å². The summed E-state index contributed by atoms with van der Waals surface area (Å²) in [6.07, 6.45) is 4.39. The van der Waals surface area contributed by atoms with Crippen LogP contribution in [0, 0.1) is 0 Å². The predicted octanol–water partition coefficient (Wildman–Crippen LogP) is 5.00. The summed E-state index contributed by atoms with van der Waals surface area (Å²) >= 11 is 0. The highest BCUT2D eigenvalue weighted by Crippen LogP contribution is 2.35. The molecule has 1 atom stereocenters. The molecule has 3 aromatic rings. The van der Waals surface area contributed by atoms with Crippen molar-refractivity contribution < 1.29 is 9.59 Å². The van der Waals surface area contributed by atoms with Crippen LogP contribution >= 0.6 is 0 Å². The number of rotatable bonds is 11. The largest absolute Gasteiger partial charge is 0.383 e. The van der Waals surface area contributed by atoms with Gasteiger partial charge >= 0.3 is 0 Å². The van der Waals surface area contributed by atoms with Crippen molar-refractivity contribution in [2.24, 2.45) is 0 Å². The minimum Gasteiger partial charge on any atom is -0.383 e. The summed E-state index contributed by atoms with van der Waals surface area (Å²) in [7, 11) is 2.12. The van der Waals surface area contributed by atoms with Gasteiger partial charge in [0.1, 0.15) is 6.29 Å². The summed E-state index contributed by atoms with van der Waals surface area (Å²) in [6.45, 7) is 0.776. The fourth-order valence-corrected chi connectivity index (χ4v) is 4.07. The lowest BCUT2D eigenvalue weighted by atomic mass is 10.0. The average molecular weight is 442 g/mol. The van der Waals surface area contributed by atoms with Gasteiger partial charge in [-0.2, -0.15) is 0 Å². The number of carbonyl (C=O) groups is 2. The van der Waals surface area contributed by atoms with Gasteiger partial charge in [-0.3, -0.25) is 4.79 Å². The Bertz CT molecular complexity index is 1070. The lowest BCUT2D eigenvalue weighted by Gasteiger charge is -2.24. The van der Waals surface area contributed by atoms with E-state index in [4.69, 9.17) is 0 Å². The molecule has 5 heteroatoms. The zero-order valence-corrected chi connectivity index (χ0v) is 19.0. The monoisotopic (exact) mass is 441 g/mol. The predicted molar refractivity (Wildman–Crippen MR) is 134 cm³/mol. The Morgan fingerprint density at radius 3 is 2.39 bits per heavy atom. The van der Waals surface area contributed by atoms with Crippen LogP contribution in [0.2, 0.25) is 0 Å². The van der Waals surface area contributed by atoms with Crippen LogP contribution in [-0.2, 0) is 11.2 Å². The second-order valence-corrected chi connectivity index (χ2v) is 8.58. The Balaban J connectivity index is 1.51. The Morgan fingerprint density at radius 2 is 1.73 bits per heavy atom. The van der Waals surface area contributed by atoms with Gasteiger partial charge in [0.2, 0.25) is 0 Å². The first-order chi connectivity index (χ1) is 16.2. The maximum absolute atomic E-state index is 13.1. The van der Waals surface area contributed by atoms with Gasteiger partial charge in [0, 0.05) is 31.6 Å². The smallest absolute Gasteiger partial charge is 0.251 e. The summed E-state index contributed by atoms with van der Waals surface area (Å²) in [4.78, 5) is 26.6. The van der Waals surface area contributed by atoms with E-state index in [1.807, 2.05) is 54.6 Å². The van der Waals surface area contributed by atoms with Gasteiger partial charge in [-0.15, -0.1) is 0 Å². The number of hydrogen-bond acceptors (Lipinski definition) is 4. The molecule has 5 nitrogen and oxygen atoms in total. The van der Waals surface area contributed by atoms with Crippen LogP contribution < -0.4 is 15.5 Å². The Labute approximate surface area is 195 Å². The average Bonchev–Trinajstić information content (AvgIpc) is 3.70. The first-order valence-corrected chi connectivity index (χ1v) is 11.6. The molecule has 1 aliphatic carbocycles. The molecule has 1 amide bonds. The van der Waals surface area contributed by atoms with Crippen LogP contribution in [0.3, 0.4) is 0 Å². The van der Waals surface area contributed by atoms with Crippen LogP contribution in [0.15, 0.2) is 78.9 Å². The van der Waals surface area contributed by atoms with E-state index in [0.29, 0.717) is 11.6 Å². The maximum atomic E-state index is 13.1. The van der Waals surface area contributed by atoms with E-state index in [0.717, 1.165) is 36.2 Å². The van der Waals surface area contributed by atoms with Gasteiger partial charge in [0.25, 0.3) is 5.91 Å². The summed E-state index contributed by atoms with van der Waals surface area (Å²) in [5, 5.41) is 6.58. The molecule has 0 radical (unpaired) electrons. The van der Waals surface area contributed by atoms with Crippen LogP contribution in [0.25, 0.3) is 0 Å². The Morgan fingerprint density at radius 1 is 1.03 bits per heavy atom. The summed E-state index contributed by atoms with van der Waals surface area (Å²) < 4.78 is 0. The Hall–Kier alpha value is -3.60. The van der Waals surface area contributed by atoms with E-state index in [2.05, 4.69) is 46.8 Å². The summed E-state index contributed by atoms with van der Waals surface area (Å²) in [5.74, 6) is -0.183. The van der Waals surface area contributed by atoms with Crippen LogP contribution in [0.5, 0.6) is 0 Å². The third kappa shape index (κ3) is 6.01. The quantitative estimate of drug-likeness (QED) is 0.411. The highest BCUT2D eigenvalue weighted by atomic mass is 16.1. The van der Waals surface area contributed by atoms with Crippen LogP contribution in [-0.4, -0.2) is 31.8 Å². The number of nitrogens with one attached hydrogen (secondary N) is 2. The van der Waals surface area contributed by atoms with Crippen molar-refractivity contribution in [1.29, 1.82) is 0 Å². The van der Waals surface area contributed by atoms with Crippen molar-refractivity contribution in [3.8, 4) is 0 Å².